The van der Waals surface area contributed by atoms with Crippen LogP contribution in [0, 0.1) is 11.3 Å². The number of hydrogen-bond acceptors (Lipinski definition) is 6. The molecule has 6 heteroatoms. The number of esters is 2. The standard InChI is InChI=1S/C15H23NO5/c1-9(8-15(2,3)4)7-10-16-11(13(17)19-5)12(21-10)14(18)20-6/h9H,7-8H2,1-6H3. The third kappa shape index (κ3) is 4.88. The first-order chi connectivity index (χ1) is 9.67. The number of nitrogens with zero attached hydrogens (tertiary/aromatic N) is 1. The summed E-state index contributed by atoms with van der Waals surface area (Å²) in [5.41, 5.74) is 0.0462. The van der Waals surface area contributed by atoms with Gasteiger partial charge in [0.1, 0.15) is 0 Å². The number of carbonyl (C=O) groups is 2. The Morgan fingerprint density at radius 1 is 1.19 bits per heavy atom. The Kier molecular flexibility index (Phi) is 5.52. The summed E-state index contributed by atoms with van der Waals surface area (Å²) in [4.78, 5) is 27.3. The van der Waals surface area contributed by atoms with E-state index in [0.717, 1.165) is 6.42 Å². The quantitative estimate of drug-likeness (QED) is 0.778. The zero-order valence-corrected chi connectivity index (χ0v) is 13.5. The van der Waals surface area contributed by atoms with Gasteiger partial charge in [-0.3, -0.25) is 0 Å². The lowest BCUT2D eigenvalue weighted by molar-refractivity contribution is 0.0525. The minimum Gasteiger partial charge on any atom is -0.464 e. The van der Waals surface area contributed by atoms with Crippen LogP contribution in [0.15, 0.2) is 4.42 Å². The van der Waals surface area contributed by atoms with Gasteiger partial charge in [0.25, 0.3) is 0 Å². The van der Waals surface area contributed by atoms with Crippen LogP contribution < -0.4 is 0 Å². The van der Waals surface area contributed by atoms with Crippen LogP contribution in [0.3, 0.4) is 0 Å². The Labute approximate surface area is 124 Å². The molecule has 0 aromatic carbocycles. The molecule has 0 fully saturated rings. The van der Waals surface area contributed by atoms with Crippen LogP contribution >= 0.6 is 0 Å². The Hall–Kier alpha value is -1.85. The van der Waals surface area contributed by atoms with Crippen molar-refractivity contribution in [2.75, 3.05) is 14.2 Å². The molecule has 0 aliphatic rings. The van der Waals surface area contributed by atoms with Crippen molar-refractivity contribution in [2.45, 2.75) is 40.5 Å². The molecule has 1 aromatic rings. The lowest BCUT2D eigenvalue weighted by Crippen LogP contribution is -2.13. The van der Waals surface area contributed by atoms with Crippen LogP contribution in [0.5, 0.6) is 0 Å². The average molecular weight is 297 g/mol. The fraction of sp³-hybridized carbons (Fsp3) is 0.667. The normalized spacial score (nSPS) is 12.9. The maximum absolute atomic E-state index is 11.6. The van der Waals surface area contributed by atoms with Gasteiger partial charge in [0.15, 0.2) is 5.89 Å². The van der Waals surface area contributed by atoms with Gasteiger partial charge in [-0.05, 0) is 17.8 Å². The molecular formula is C15H23NO5. The molecule has 0 aliphatic heterocycles. The molecular weight excluding hydrogens is 274 g/mol. The predicted molar refractivity (Wildman–Crippen MR) is 76.1 cm³/mol. The van der Waals surface area contributed by atoms with Crippen molar-refractivity contribution in [2.24, 2.45) is 11.3 Å². The second kappa shape index (κ2) is 6.74. The van der Waals surface area contributed by atoms with Crippen LogP contribution in [-0.2, 0) is 15.9 Å². The number of hydrogen-bond donors (Lipinski definition) is 0. The number of ether oxygens (including phenoxy) is 2. The number of aromatic nitrogens is 1. The maximum Gasteiger partial charge on any atom is 0.376 e. The summed E-state index contributed by atoms with van der Waals surface area (Å²) in [7, 11) is 2.44. The van der Waals surface area contributed by atoms with Gasteiger partial charge in [0, 0.05) is 6.42 Å². The zero-order chi connectivity index (χ0) is 16.2. The van der Waals surface area contributed by atoms with E-state index in [1.807, 2.05) is 0 Å². The lowest BCUT2D eigenvalue weighted by atomic mass is 9.84. The maximum atomic E-state index is 11.6. The predicted octanol–water partition coefficient (Wildman–Crippen LogP) is 2.86. The van der Waals surface area contributed by atoms with Crippen molar-refractivity contribution in [3.63, 3.8) is 0 Å². The molecule has 1 rings (SSSR count). The molecule has 0 amide bonds. The minimum atomic E-state index is -0.738. The van der Waals surface area contributed by atoms with E-state index in [4.69, 9.17) is 4.42 Å². The highest BCUT2D eigenvalue weighted by atomic mass is 16.5. The Balaban J connectivity index is 2.97. The first-order valence-corrected chi connectivity index (χ1v) is 6.84. The van der Waals surface area contributed by atoms with Gasteiger partial charge >= 0.3 is 11.9 Å². The van der Waals surface area contributed by atoms with Gasteiger partial charge in [-0.2, -0.15) is 0 Å². The highest BCUT2D eigenvalue weighted by Gasteiger charge is 2.28. The average Bonchev–Trinajstić information content (AvgIpc) is 2.78. The number of methoxy groups -OCH3 is 2. The van der Waals surface area contributed by atoms with E-state index < -0.39 is 11.9 Å². The fourth-order valence-electron chi connectivity index (χ4n) is 2.33. The summed E-state index contributed by atoms with van der Waals surface area (Å²) in [6, 6.07) is 0. The number of rotatable bonds is 5. The highest BCUT2D eigenvalue weighted by Crippen LogP contribution is 2.27. The number of carbonyl (C=O) groups excluding carboxylic acids is 2. The molecule has 21 heavy (non-hydrogen) atoms. The van der Waals surface area contributed by atoms with Crippen LogP contribution in [0.25, 0.3) is 0 Å². The van der Waals surface area contributed by atoms with Crippen molar-refractivity contribution in [1.29, 1.82) is 0 Å². The third-order valence-corrected chi connectivity index (χ3v) is 2.90. The van der Waals surface area contributed by atoms with E-state index in [1.165, 1.54) is 14.2 Å². The molecule has 118 valence electrons. The van der Waals surface area contributed by atoms with Gasteiger partial charge in [0.05, 0.1) is 14.2 Å². The van der Waals surface area contributed by atoms with Crippen LogP contribution in [0.4, 0.5) is 0 Å². The van der Waals surface area contributed by atoms with Gasteiger partial charge in [-0.1, -0.05) is 27.7 Å². The second-order valence-electron chi connectivity index (χ2n) is 6.34. The molecule has 0 aliphatic carbocycles. The summed E-state index contributed by atoms with van der Waals surface area (Å²) in [5.74, 6) is -1.01. The summed E-state index contributed by atoms with van der Waals surface area (Å²) in [5, 5.41) is 0. The summed E-state index contributed by atoms with van der Waals surface area (Å²) < 4.78 is 14.6. The van der Waals surface area contributed by atoms with Crippen molar-refractivity contribution in [3.05, 3.63) is 17.3 Å². The van der Waals surface area contributed by atoms with E-state index >= 15 is 0 Å². The first-order valence-electron chi connectivity index (χ1n) is 6.84. The Morgan fingerprint density at radius 2 is 1.76 bits per heavy atom. The lowest BCUT2D eigenvalue weighted by Gasteiger charge is -2.22. The molecule has 1 aromatic heterocycles. The molecule has 6 nitrogen and oxygen atoms in total. The van der Waals surface area contributed by atoms with Crippen LogP contribution in [-0.4, -0.2) is 31.1 Å². The minimum absolute atomic E-state index is 0.137. The molecule has 0 N–H and O–H groups in total. The Bertz CT molecular complexity index is 479. The van der Waals surface area contributed by atoms with E-state index in [9.17, 15) is 9.59 Å². The topological polar surface area (TPSA) is 78.6 Å². The monoisotopic (exact) mass is 297 g/mol. The summed E-state index contributed by atoms with van der Waals surface area (Å²) in [6.07, 6.45) is 1.51. The van der Waals surface area contributed by atoms with E-state index in [0.29, 0.717) is 18.2 Å². The molecule has 0 bridgehead atoms. The van der Waals surface area contributed by atoms with Crippen molar-refractivity contribution >= 4 is 11.9 Å². The fourth-order valence-corrected chi connectivity index (χ4v) is 2.33. The molecule has 1 atom stereocenters. The number of oxazole rings is 1. The Morgan fingerprint density at radius 3 is 2.24 bits per heavy atom. The smallest absolute Gasteiger partial charge is 0.376 e. The first kappa shape index (κ1) is 17.2. The van der Waals surface area contributed by atoms with Crippen molar-refractivity contribution < 1.29 is 23.5 Å². The SMILES string of the molecule is COC(=O)c1nc(CC(C)CC(C)(C)C)oc1C(=O)OC. The largest absolute Gasteiger partial charge is 0.464 e. The molecule has 0 saturated carbocycles. The van der Waals surface area contributed by atoms with E-state index in [-0.39, 0.29) is 16.9 Å². The van der Waals surface area contributed by atoms with Gasteiger partial charge in [-0.25, -0.2) is 14.6 Å². The molecule has 0 saturated heterocycles. The molecule has 1 unspecified atom stereocenters. The summed E-state index contributed by atoms with van der Waals surface area (Å²) in [6.45, 7) is 8.53. The molecule has 0 radical (unpaired) electrons. The third-order valence-electron chi connectivity index (χ3n) is 2.90. The second-order valence-corrected chi connectivity index (χ2v) is 6.34. The summed E-state index contributed by atoms with van der Waals surface area (Å²) >= 11 is 0. The van der Waals surface area contributed by atoms with Gasteiger partial charge in [0.2, 0.25) is 11.5 Å². The van der Waals surface area contributed by atoms with Crippen molar-refractivity contribution in [3.8, 4) is 0 Å². The van der Waals surface area contributed by atoms with E-state index in [1.54, 1.807) is 0 Å². The van der Waals surface area contributed by atoms with Crippen LogP contribution in [0.2, 0.25) is 0 Å². The van der Waals surface area contributed by atoms with Gasteiger partial charge in [-0.15, -0.1) is 0 Å². The van der Waals surface area contributed by atoms with Crippen LogP contribution in [0.1, 0.15) is 61.0 Å². The molecule has 1 heterocycles. The van der Waals surface area contributed by atoms with Crippen molar-refractivity contribution in [1.82, 2.24) is 4.98 Å². The van der Waals surface area contributed by atoms with Gasteiger partial charge < -0.3 is 13.9 Å². The molecule has 0 spiro atoms. The highest BCUT2D eigenvalue weighted by molar-refractivity contribution is 5.99. The zero-order valence-electron chi connectivity index (χ0n) is 13.5. The van der Waals surface area contributed by atoms with E-state index in [2.05, 4.69) is 42.2 Å².